The maximum Gasteiger partial charge on any atom is 1.00 e. The standard InChI is InChI=1S/C14H13BF3O.K/c1-2-3-10-19-13-9-8-11-6-4-5-7-12(11)14(13)15(16,17)18;/h2-9H,10H2,1H3;/q-1;+1. The summed E-state index contributed by atoms with van der Waals surface area (Å²) in [7, 11) is 0. The van der Waals surface area contributed by atoms with Gasteiger partial charge in [-0.1, -0.05) is 47.9 Å². The Morgan fingerprint density at radius 3 is 2.45 bits per heavy atom. The van der Waals surface area contributed by atoms with E-state index in [4.69, 9.17) is 4.74 Å². The predicted octanol–water partition coefficient (Wildman–Crippen LogP) is 0.853. The van der Waals surface area contributed by atoms with Crippen LogP contribution in [0.1, 0.15) is 6.92 Å². The third-order valence-corrected chi connectivity index (χ3v) is 2.83. The molecule has 0 N–H and O–H groups in total. The minimum atomic E-state index is -5.12. The number of ether oxygens (including phenoxy) is 1. The Balaban J connectivity index is 0.00000200. The van der Waals surface area contributed by atoms with Gasteiger partial charge in [-0.25, -0.2) is 0 Å². The van der Waals surface area contributed by atoms with Gasteiger partial charge in [0, 0.05) is 0 Å². The molecule has 100 valence electrons. The first-order valence-electron chi connectivity index (χ1n) is 5.99. The molecule has 0 amide bonds. The SMILES string of the molecule is CC=CCOc1ccc2ccccc2c1[B-](F)(F)F.[K+]. The van der Waals surface area contributed by atoms with E-state index in [0.29, 0.717) is 5.39 Å². The first-order valence-corrected chi connectivity index (χ1v) is 5.99. The summed E-state index contributed by atoms with van der Waals surface area (Å²) in [5, 5.41) is 0.753. The fourth-order valence-electron chi connectivity index (χ4n) is 1.97. The molecule has 0 saturated carbocycles. The van der Waals surface area contributed by atoms with Crippen LogP contribution in [-0.2, 0) is 0 Å². The van der Waals surface area contributed by atoms with Crippen LogP contribution in [0.3, 0.4) is 0 Å². The van der Waals surface area contributed by atoms with Crippen molar-refractivity contribution in [2.24, 2.45) is 0 Å². The molecule has 0 bridgehead atoms. The molecular formula is C14H13BF3KO. The second kappa shape index (κ2) is 7.66. The maximum absolute atomic E-state index is 13.3. The number of hydrogen-bond donors (Lipinski definition) is 0. The molecule has 6 heteroatoms. The fraction of sp³-hybridized carbons (Fsp3) is 0.143. The average Bonchev–Trinajstić information content (AvgIpc) is 2.37. The predicted molar refractivity (Wildman–Crippen MR) is 73.0 cm³/mol. The molecule has 0 radical (unpaired) electrons. The Bertz CT molecular complexity index is 611. The first-order chi connectivity index (χ1) is 9.04. The number of benzene rings is 2. The van der Waals surface area contributed by atoms with Crippen molar-refractivity contribution in [2.45, 2.75) is 6.92 Å². The number of halogens is 3. The van der Waals surface area contributed by atoms with Crippen LogP contribution in [0.15, 0.2) is 48.6 Å². The molecule has 2 aromatic rings. The van der Waals surface area contributed by atoms with E-state index >= 15 is 0 Å². The van der Waals surface area contributed by atoms with Crippen molar-refractivity contribution in [3.63, 3.8) is 0 Å². The number of allylic oxidation sites excluding steroid dienone is 1. The maximum atomic E-state index is 13.3. The Morgan fingerprint density at radius 2 is 1.80 bits per heavy atom. The largest absolute Gasteiger partial charge is 1.00 e. The molecule has 0 unspecified atom stereocenters. The van der Waals surface area contributed by atoms with Gasteiger partial charge >= 0.3 is 58.4 Å². The minimum absolute atomic E-state index is 0. The van der Waals surface area contributed by atoms with Gasteiger partial charge in [-0.2, -0.15) is 0 Å². The van der Waals surface area contributed by atoms with Gasteiger partial charge in [0.15, 0.2) is 0 Å². The molecule has 2 aromatic carbocycles. The molecule has 0 aliphatic heterocycles. The molecule has 0 aliphatic rings. The summed E-state index contributed by atoms with van der Waals surface area (Å²) in [6.07, 6.45) is 3.40. The quantitative estimate of drug-likeness (QED) is 0.601. The smallest absolute Gasteiger partial charge is 0.493 e. The molecule has 0 heterocycles. The van der Waals surface area contributed by atoms with Crippen molar-refractivity contribution >= 4 is 23.2 Å². The van der Waals surface area contributed by atoms with Crippen LogP contribution < -0.4 is 61.6 Å². The van der Waals surface area contributed by atoms with Crippen LogP contribution in [0.25, 0.3) is 10.8 Å². The van der Waals surface area contributed by atoms with E-state index in [2.05, 4.69) is 0 Å². The summed E-state index contributed by atoms with van der Waals surface area (Å²) in [5.41, 5.74) is -0.650. The molecule has 0 saturated heterocycles. The molecule has 0 fully saturated rings. The summed E-state index contributed by atoms with van der Waals surface area (Å²) in [6.45, 7) is -3.20. The molecule has 0 aliphatic carbocycles. The third kappa shape index (κ3) is 4.11. The minimum Gasteiger partial charge on any atom is -0.493 e. The van der Waals surface area contributed by atoms with E-state index < -0.39 is 12.4 Å². The topological polar surface area (TPSA) is 9.23 Å². The van der Waals surface area contributed by atoms with Crippen molar-refractivity contribution < 1.29 is 69.1 Å². The van der Waals surface area contributed by atoms with E-state index in [1.807, 2.05) is 0 Å². The Kier molecular flexibility index (Phi) is 6.81. The second-order valence-electron chi connectivity index (χ2n) is 4.15. The zero-order valence-corrected chi connectivity index (χ0v) is 14.6. The van der Waals surface area contributed by atoms with E-state index in [9.17, 15) is 12.9 Å². The van der Waals surface area contributed by atoms with Crippen molar-refractivity contribution in [3.8, 4) is 5.75 Å². The van der Waals surface area contributed by atoms with Gasteiger partial charge in [0.25, 0.3) is 0 Å². The molecule has 0 spiro atoms. The van der Waals surface area contributed by atoms with Gasteiger partial charge in [0.05, 0.1) is 5.75 Å². The van der Waals surface area contributed by atoms with Crippen LogP contribution in [0, 0.1) is 0 Å². The zero-order chi connectivity index (χ0) is 13.9. The number of rotatable bonds is 4. The first kappa shape index (κ1) is 17.8. The van der Waals surface area contributed by atoms with Gasteiger partial charge in [-0.3, -0.25) is 0 Å². The van der Waals surface area contributed by atoms with Gasteiger partial charge in [0.1, 0.15) is 6.61 Å². The van der Waals surface area contributed by atoms with Crippen LogP contribution in [0.5, 0.6) is 5.75 Å². The molecular weight excluding hydrogens is 291 g/mol. The van der Waals surface area contributed by atoms with Gasteiger partial charge in [-0.05, 0) is 23.8 Å². The zero-order valence-electron chi connectivity index (χ0n) is 11.4. The van der Waals surface area contributed by atoms with Gasteiger partial charge in [0.2, 0.25) is 0 Å². The van der Waals surface area contributed by atoms with Gasteiger partial charge in [-0.15, -0.1) is 0 Å². The van der Waals surface area contributed by atoms with E-state index in [0.717, 1.165) is 0 Å². The average molecular weight is 304 g/mol. The monoisotopic (exact) mass is 304 g/mol. The van der Waals surface area contributed by atoms with Gasteiger partial charge < -0.3 is 17.7 Å². The fourth-order valence-corrected chi connectivity index (χ4v) is 1.97. The second-order valence-corrected chi connectivity index (χ2v) is 4.15. The van der Waals surface area contributed by atoms with Crippen LogP contribution in [-0.4, -0.2) is 13.6 Å². The molecule has 1 nitrogen and oxygen atoms in total. The molecule has 20 heavy (non-hydrogen) atoms. The summed E-state index contributed by atoms with van der Waals surface area (Å²) >= 11 is 0. The van der Waals surface area contributed by atoms with Crippen LogP contribution in [0.4, 0.5) is 12.9 Å². The van der Waals surface area contributed by atoms with E-state index in [1.54, 1.807) is 43.3 Å². The van der Waals surface area contributed by atoms with Crippen molar-refractivity contribution in [3.05, 3.63) is 48.6 Å². The summed E-state index contributed by atoms with van der Waals surface area (Å²) in [5.74, 6) is -0.107. The number of hydrogen-bond acceptors (Lipinski definition) is 1. The summed E-state index contributed by atoms with van der Waals surface area (Å²) in [6, 6.07) is 9.49. The van der Waals surface area contributed by atoms with Crippen molar-refractivity contribution in [2.75, 3.05) is 6.61 Å². The van der Waals surface area contributed by atoms with E-state index in [1.165, 1.54) is 12.1 Å². The molecule has 2 rings (SSSR count). The van der Waals surface area contributed by atoms with E-state index in [-0.39, 0.29) is 69.1 Å². The van der Waals surface area contributed by atoms with Crippen molar-refractivity contribution in [1.82, 2.24) is 0 Å². The van der Waals surface area contributed by atoms with Crippen LogP contribution in [0.2, 0.25) is 0 Å². The Morgan fingerprint density at radius 1 is 1.10 bits per heavy atom. The summed E-state index contributed by atoms with van der Waals surface area (Å²) in [4.78, 5) is 0. The molecule has 0 atom stereocenters. The number of fused-ring (bicyclic) bond motifs is 1. The normalized spacial score (nSPS) is 11.6. The Labute approximate surface area is 158 Å². The Hall–Kier alpha value is -0.269. The van der Waals surface area contributed by atoms with Crippen molar-refractivity contribution in [1.29, 1.82) is 0 Å². The molecule has 0 aromatic heterocycles. The summed E-state index contributed by atoms with van der Waals surface area (Å²) < 4.78 is 45.0. The third-order valence-electron chi connectivity index (χ3n) is 2.83. The van der Waals surface area contributed by atoms with Crippen LogP contribution >= 0.6 is 0 Å².